The third-order valence-corrected chi connectivity index (χ3v) is 3.91. The van der Waals surface area contributed by atoms with Gasteiger partial charge in [0.25, 0.3) is 0 Å². The van der Waals surface area contributed by atoms with Gasteiger partial charge in [0.05, 0.1) is 12.7 Å². The maximum atomic E-state index is 6.16. The van der Waals surface area contributed by atoms with E-state index in [0.717, 1.165) is 24.8 Å². The van der Waals surface area contributed by atoms with Crippen LogP contribution in [0.25, 0.3) is 0 Å². The van der Waals surface area contributed by atoms with Crippen molar-refractivity contribution in [2.75, 3.05) is 25.2 Å². The summed E-state index contributed by atoms with van der Waals surface area (Å²) >= 11 is 0. The molecule has 0 saturated heterocycles. The molecule has 0 saturated carbocycles. The molecule has 4 N–H and O–H groups in total. The fourth-order valence-electron chi connectivity index (χ4n) is 2.52. The summed E-state index contributed by atoms with van der Waals surface area (Å²) in [5.74, 6) is 0.486. The molecule has 130 valence electrons. The van der Waals surface area contributed by atoms with Crippen LogP contribution in [0.5, 0.6) is 0 Å². The van der Waals surface area contributed by atoms with Crippen LogP contribution in [0.3, 0.4) is 0 Å². The Morgan fingerprint density at radius 1 is 1.17 bits per heavy atom. The van der Waals surface area contributed by atoms with E-state index in [2.05, 4.69) is 16.9 Å². The molecule has 0 bridgehead atoms. The first-order valence-electron chi connectivity index (χ1n) is 8.23. The van der Waals surface area contributed by atoms with Crippen LogP contribution in [0.1, 0.15) is 43.4 Å². The minimum atomic E-state index is -0.355. The van der Waals surface area contributed by atoms with Crippen molar-refractivity contribution in [2.45, 2.75) is 38.4 Å². The highest BCUT2D eigenvalue weighted by atomic mass is 16.5. The molecule has 24 heavy (non-hydrogen) atoms. The number of benzene rings is 1. The topological polar surface area (TPSA) is 96.3 Å². The van der Waals surface area contributed by atoms with Crippen molar-refractivity contribution in [1.29, 1.82) is 0 Å². The predicted molar refractivity (Wildman–Crippen MR) is 95.4 cm³/mol. The third-order valence-electron chi connectivity index (χ3n) is 3.91. The Balaban J connectivity index is 2.20. The zero-order chi connectivity index (χ0) is 17.4. The first kappa shape index (κ1) is 18.2. The van der Waals surface area contributed by atoms with E-state index in [0.29, 0.717) is 18.0 Å². The summed E-state index contributed by atoms with van der Waals surface area (Å²) in [6.45, 7) is 2.63. The van der Waals surface area contributed by atoms with Gasteiger partial charge in [-0.15, -0.1) is 0 Å². The maximum Gasteiger partial charge on any atom is 0.221 e. The lowest BCUT2D eigenvalue weighted by molar-refractivity contribution is -0.0193. The van der Waals surface area contributed by atoms with Crippen LogP contribution >= 0.6 is 0 Å². The Morgan fingerprint density at radius 2 is 1.92 bits per heavy atom. The number of aromatic nitrogens is 2. The Labute approximate surface area is 143 Å². The molecule has 1 aromatic carbocycles. The molecule has 2 atom stereocenters. The number of nitrogens with two attached hydrogens (primary N) is 2. The summed E-state index contributed by atoms with van der Waals surface area (Å²) in [6, 6.07) is 9.88. The predicted octanol–water partition coefficient (Wildman–Crippen LogP) is 2.95. The van der Waals surface area contributed by atoms with Crippen LogP contribution in [-0.4, -0.2) is 29.8 Å². The SMILES string of the molecule is CCCCC(COC(c1ccccc1)c1cnc(N)nc1N)OC. The lowest BCUT2D eigenvalue weighted by atomic mass is 10.0. The van der Waals surface area contributed by atoms with Crippen molar-refractivity contribution in [1.82, 2.24) is 9.97 Å². The summed E-state index contributed by atoms with van der Waals surface area (Å²) < 4.78 is 11.7. The molecule has 6 nitrogen and oxygen atoms in total. The summed E-state index contributed by atoms with van der Waals surface area (Å²) in [7, 11) is 1.71. The maximum absolute atomic E-state index is 6.16. The van der Waals surface area contributed by atoms with Gasteiger partial charge in [0.2, 0.25) is 5.95 Å². The molecule has 0 aliphatic rings. The third kappa shape index (κ3) is 4.91. The van der Waals surface area contributed by atoms with Gasteiger partial charge in [0.15, 0.2) is 0 Å². The van der Waals surface area contributed by atoms with Crippen LogP contribution < -0.4 is 11.5 Å². The van der Waals surface area contributed by atoms with Gasteiger partial charge in [-0.2, -0.15) is 4.98 Å². The van der Waals surface area contributed by atoms with Crippen LogP contribution in [0.2, 0.25) is 0 Å². The Morgan fingerprint density at radius 3 is 2.54 bits per heavy atom. The van der Waals surface area contributed by atoms with E-state index < -0.39 is 0 Å². The molecule has 0 amide bonds. The number of methoxy groups -OCH3 is 1. The first-order chi connectivity index (χ1) is 11.7. The highest BCUT2D eigenvalue weighted by Crippen LogP contribution is 2.29. The Kier molecular flexibility index (Phi) is 6.96. The van der Waals surface area contributed by atoms with Crippen LogP contribution in [-0.2, 0) is 9.47 Å². The lowest BCUT2D eigenvalue weighted by Gasteiger charge is -2.23. The van der Waals surface area contributed by atoms with Crippen molar-refractivity contribution in [3.63, 3.8) is 0 Å². The van der Waals surface area contributed by atoms with E-state index >= 15 is 0 Å². The average Bonchev–Trinajstić information content (AvgIpc) is 2.60. The number of hydrogen-bond donors (Lipinski definition) is 2. The van der Waals surface area contributed by atoms with Gasteiger partial charge in [-0.25, -0.2) is 4.98 Å². The molecule has 0 spiro atoms. The highest BCUT2D eigenvalue weighted by molar-refractivity contribution is 5.46. The van der Waals surface area contributed by atoms with Gasteiger partial charge in [-0.1, -0.05) is 50.1 Å². The number of ether oxygens (including phenoxy) is 2. The molecule has 6 heteroatoms. The van der Waals surface area contributed by atoms with E-state index in [1.807, 2.05) is 30.3 Å². The van der Waals surface area contributed by atoms with Crippen molar-refractivity contribution in [2.24, 2.45) is 0 Å². The smallest absolute Gasteiger partial charge is 0.221 e. The van der Waals surface area contributed by atoms with E-state index in [9.17, 15) is 0 Å². The van der Waals surface area contributed by atoms with Gasteiger partial charge in [-0.05, 0) is 12.0 Å². The van der Waals surface area contributed by atoms with Crippen LogP contribution in [0.15, 0.2) is 36.5 Å². The summed E-state index contributed by atoms with van der Waals surface area (Å²) in [5, 5.41) is 0. The number of nitrogen functional groups attached to an aromatic ring is 2. The van der Waals surface area contributed by atoms with Gasteiger partial charge >= 0.3 is 0 Å². The second kappa shape index (κ2) is 9.20. The molecular weight excluding hydrogens is 304 g/mol. The molecule has 1 heterocycles. The number of hydrogen-bond acceptors (Lipinski definition) is 6. The largest absolute Gasteiger partial charge is 0.383 e. The normalized spacial score (nSPS) is 13.6. The molecule has 0 radical (unpaired) electrons. The summed E-state index contributed by atoms with van der Waals surface area (Å²) in [4.78, 5) is 8.11. The number of rotatable bonds is 9. The highest BCUT2D eigenvalue weighted by Gasteiger charge is 2.21. The fourth-order valence-corrected chi connectivity index (χ4v) is 2.52. The average molecular weight is 330 g/mol. The van der Waals surface area contributed by atoms with Crippen molar-refractivity contribution in [3.05, 3.63) is 47.7 Å². The molecule has 1 aromatic heterocycles. The van der Waals surface area contributed by atoms with E-state index in [4.69, 9.17) is 20.9 Å². The zero-order valence-electron chi connectivity index (χ0n) is 14.3. The van der Waals surface area contributed by atoms with E-state index in [1.54, 1.807) is 13.3 Å². The number of anilines is 2. The lowest BCUT2D eigenvalue weighted by Crippen LogP contribution is -2.21. The summed E-state index contributed by atoms with van der Waals surface area (Å²) in [5.41, 5.74) is 13.3. The second-order valence-electron chi connectivity index (χ2n) is 5.69. The first-order valence-corrected chi connectivity index (χ1v) is 8.23. The second-order valence-corrected chi connectivity index (χ2v) is 5.69. The molecule has 0 fully saturated rings. The Hall–Kier alpha value is -2.18. The van der Waals surface area contributed by atoms with Gasteiger partial charge in [-0.3, -0.25) is 0 Å². The minimum absolute atomic E-state index is 0.0482. The number of unbranched alkanes of at least 4 members (excludes halogenated alkanes) is 1. The zero-order valence-corrected chi connectivity index (χ0v) is 14.3. The quantitative estimate of drug-likeness (QED) is 0.734. The van der Waals surface area contributed by atoms with Gasteiger partial charge < -0.3 is 20.9 Å². The molecule has 0 aliphatic heterocycles. The van der Waals surface area contributed by atoms with E-state index in [1.165, 1.54) is 0 Å². The molecule has 2 rings (SSSR count). The standard InChI is InChI=1S/C18H26N4O2/c1-3-4-10-14(23-2)12-24-16(13-8-6-5-7-9-13)15-11-21-18(20)22-17(15)19/h5-9,11,14,16H,3-4,10,12H2,1-2H3,(H4,19,20,21,22). The Bertz CT molecular complexity index is 622. The number of nitrogens with zero attached hydrogens (tertiary/aromatic N) is 2. The molecular formula is C18H26N4O2. The van der Waals surface area contributed by atoms with Crippen LogP contribution in [0.4, 0.5) is 11.8 Å². The monoisotopic (exact) mass is 330 g/mol. The molecule has 2 aromatic rings. The van der Waals surface area contributed by atoms with Crippen molar-refractivity contribution < 1.29 is 9.47 Å². The minimum Gasteiger partial charge on any atom is -0.383 e. The van der Waals surface area contributed by atoms with Gasteiger partial charge in [0.1, 0.15) is 11.9 Å². The summed E-state index contributed by atoms with van der Waals surface area (Å²) in [6.07, 6.45) is 4.51. The van der Waals surface area contributed by atoms with Gasteiger partial charge in [0, 0.05) is 18.9 Å². The molecule has 0 aliphatic carbocycles. The van der Waals surface area contributed by atoms with Crippen molar-refractivity contribution >= 4 is 11.8 Å². The van der Waals surface area contributed by atoms with E-state index in [-0.39, 0.29) is 18.2 Å². The van der Waals surface area contributed by atoms with Crippen molar-refractivity contribution in [3.8, 4) is 0 Å². The fraction of sp³-hybridized carbons (Fsp3) is 0.444. The van der Waals surface area contributed by atoms with Crippen LogP contribution in [0, 0.1) is 0 Å². The molecule has 2 unspecified atom stereocenters.